The van der Waals surface area contributed by atoms with Crippen LogP contribution >= 0.6 is 21.4 Å². The summed E-state index contributed by atoms with van der Waals surface area (Å²) in [6.07, 6.45) is 0. The first-order chi connectivity index (χ1) is 26.6. The molecule has 56 heavy (non-hydrogen) atoms. The zero-order valence-corrected chi connectivity index (χ0v) is 35.3. The third-order valence-electron chi connectivity index (χ3n) is 10.8. The molecule has 8 rings (SSSR count). The van der Waals surface area contributed by atoms with Crippen LogP contribution in [0.25, 0.3) is 77.2 Å². The van der Waals surface area contributed by atoms with E-state index in [1.165, 1.54) is 0 Å². The fourth-order valence-corrected chi connectivity index (χ4v) is 10.3. The van der Waals surface area contributed by atoms with Crippen molar-refractivity contribution in [2.75, 3.05) is 40.0 Å². The van der Waals surface area contributed by atoms with Crippen LogP contribution in [0.15, 0.2) is 164 Å². The molecule has 0 fully saturated rings. The van der Waals surface area contributed by atoms with Gasteiger partial charge in [0.2, 0.25) is 0 Å². The van der Waals surface area contributed by atoms with Crippen LogP contribution in [0.5, 0.6) is 0 Å². The monoisotopic (exact) mass is 786 g/mol. The largest absolute Gasteiger partial charge is 0.319 e. The van der Waals surface area contributed by atoms with Gasteiger partial charge in [0.05, 0.1) is 0 Å². The van der Waals surface area contributed by atoms with Crippen LogP contribution in [0, 0.1) is 0 Å². The molecule has 278 valence electrons. The SMILES string of the molecule is CP(C)(=O)c1ccc(-c2cc(-c3ccc(-c4ccc(P(C)(C)=O)cc4)c4ccccc34)cc(-c3ccc(-c4ccc(P(C)(C)=O)cc4)c4ccccc34)c2)cc1. The summed E-state index contributed by atoms with van der Waals surface area (Å²) in [4.78, 5) is 0. The van der Waals surface area contributed by atoms with Crippen LogP contribution in [0.2, 0.25) is 0 Å². The molecule has 0 aliphatic carbocycles. The summed E-state index contributed by atoms with van der Waals surface area (Å²) in [7, 11) is -7.13. The smallest absolute Gasteiger partial charge is 0.109 e. The zero-order chi connectivity index (χ0) is 39.4. The predicted octanol–water partition coefficient (Wildman–Crippen LogP) is 13.1. The van der Waals surface area contributed by atoms with Crippen LogP contribution < -0.4 is 15.9 Å². The molecule has 0 amide bonds. The average molecular weight is 787 g/mol. The molecule has 8 aromatic carbocycles. The van der Waals surface area contributed by atoms with Crippen molar-refractivity contribution in [3.05, 3.63) is 164 Å². The van der Waals surface area contributed by atoms with Gasteiger partial charge < -0.3 is 13.7 Å². The second-order valence-corrected chi connectivity index (χ2v) is 25.6. The Labute approximate surface area is 330 Å². The highest BCUT2D eigenvalue weighted by atomic mass is 31.2. The summed E-state index contributed by atoms with van der Waals surface area (Å²) in [5.41, 5.74) is 11.0. The van der Waals surface area contributed by atoms with Gasteiger partial charge >= 0.3 is 0 Å². The molecule has 0 spiro atoms. The van der Waals surface area contributed by atoms with E-state index in [0.717, 1.165) is 93.1 Å². The van der Waals surface area contributed by atoms with Crippen molar-refractivity contribution >= 4 is 58.9 Å². The highest BCUT2D eigenvalue weighted by Gasteiger charge is 2.18. The van der Waals surface area contributed by atoms with Crippen LogP contribution in [0.3, 0.4) is 0 Å². The van der Waals surface area contributed by atoms with Gasteiger partial charge in [-0.2, -0.15) is 0 Å². The Morgan fingerprint density at radius 3 is 0.804 bits per heavy atom. The van der Waals surface area contributed by atoms with Crippen LogP contribution in [0.1, 0.15) is 0 Å². The lowest BCUT2D eigenvalue weighted by molar-refractivity contribution is 0.587. The number of fused-ring (bicyclic) bond motifs is 2. The topological polar surface area (TPSA) is 51.2 Å². The fraction of sp³-hybridized carbons (Fsp3) is 0.120. The third-order valence-corrected chi connectivity index (χ3v) is 15.5. The number of benzene rings is 8. The van der Waals surface area contributed by atoms with Gasteiger partial charge in [-0.25, -0.2) is 0 Å². The lowest BCUT2D eigenvalue weighted by atomic mass is 9.87. The van der Waals surface area contributed by atoms with Crippen LogP contribution in [-0.4, -0.2) is 40.0 Å². The summed E-state index contributed by atoms with van der Waals surface area (Å²) in [6, 6.07) is 57.3. The Bertz CT molecular complexity index is 2760. The van der Waals surface area contributed by atoms with E-state index < -0.39 is 21.4 Å². The molecule has 0 heterocycles. The van der Waals surface area contributed by atoms with Gasteiger partial charge in [-0.05, 0) is 135 Å². The van der Waals surface area contributed by atoms with Gasteiger partial charge in [0.15, 0.2) is 0 Å². The summed E-state index contributed by atoms with van der Waals surface area (Å²) >= 11 is 0. The van der Waals surface area contributed by atoms with E-state index in [0.29, 0.717) is 0 Å². The molecule has 0 atom stereocenters. The molecule has 0 unspecified atom stereocenters. The third kappa shape index (κ3) is 7.45. The standard InChI is InChI=1S/C50H45O3P3/c1-54(2,51)40-21-15-34(16-22-40)37-31-38(45-29-27-43(47-11-7-9-13-49(45)47)35-17-23-41(24-18-35)55(3,4)52)33-39(32-37)46-30-28-44(48-12-8-10-14-50(46)48)36-19-25-42(26-20-36)56(5,6)53/h7-33H,1-6H3. The lowest BCUT2D eigenvalue weighted by Crippen LogP contribution is -2.01. The molecular weight excluding hydrogens is 741 g/mol. The fourth-order valence-electron chi connectivity index (χ4n) is 7.72. The summed E-state index contributed by atoms with van der Waals surface area (Å²) in [5, 5.41) is 7.21. The second-order valence-electron chi connectivity index (χ2n) is 15.9. The first-order valence-corrected chi connectivity index (χ1v) is 26.6. The molecule has 8 aromatic rings. The molecule has 0 saturated carbocycles. The van der Waals surface area contributed by atoms with Crippen molar-refractivity contribution < 1.29 is 13.7 Å². The van der Waals surface area contributed by atoms with Crippen molar-refractivity contribution in [3.63, 3.8) is 0 Å². The van der Waals surface area contributed by atoms with Gasteiger partial charge in [-0.3, -0.25) is 0 Å². The first kappa shape index (κ1) is 37.9. The van der Waals surface area contributed by atoms with Crippen molar-refractivity contribution in [2.45, 2.75) is 0 Å². The van der Waals surface area contributed by atoms with Gasteiger partial charge in [0, 0.05) is 15.9 Å². The molecule has 0 saturated heterocycles. The molecule has 0 bridgehead atoms. The lowest BCUT2D eigenvalue weighted by Gasteiger charge is -2.17. The quantitative estimate of drug-likeness (QED) is 0.144. The van der Waals surface area contributed by atoms with Crippen molar-refractivity contribution in [1.82, 2.24) is 0 Å². The molecule has 3 nitrogen and oxygen atoms in total. The summed E-state index contributed by atoms with van der Waals surface area (Å²) in [5.74, 6) is 0. The molecule has 6 heteroatoms. The highest BCUT2D eigenvalue weighted by Crippen LogP contribution is 2.43. The van der Waals surface area contributed by atoms with E-state index >= 15 is 0 Å². The minimum atomic E-state index is -2.41. The molecule has 0 N–H and O–H groups in total. The Kier molecular flexibility index (Phi) is 9.79. The van der Waals surface area contributed by atoms with Gasteiger partial charge in [-0.15, -0.1) is 0 Å². The Morgan fingerprint density at radius 2 is 0.518 bits per heavy atom. The zero-order valence-electron chi connectivity index (χ0n) is 32.7. The molecular formula is C50H45O3P3. The van der Waals surface area contributed by atoms with E-state index in [-0.39, 0.29) is 0 Å². The van der Waals surface area contributed by atoms with Crippen molar-refractivity contribution in [3.8, 4) is 55.6 Å². The van der Waals surface area contributed by atoms with Crippen molar-refractivity contribution in [2.24, 2.45) is 0 Å². The van der Waals surface area contributed by atoms with Crippen LogP contribution in [0.4, 0.5) is 0 Å². The normalized spacial score (nSPS) is 12.3. The first-order valence-electron chi connectivity index (χ1n) is 18.8. The van der Waals surface area contributed by atoms with Crippen molar-refractivity contribution in [1.29, 1.82) is 0 Å². The Morgan fingerprint density at radius 1 is 0.268 bits per heavy atom. The minimum absolute atomic E-state index is 0.864. The van der Waals surface area contributed by atoms with E-state index in [2.05, 4.69) is 127 Å². The predicted molar refractivity (Wildman–Crippen MR) is 246 cm³/mol. The van der Waals surface area contributed by atoms with Gasteiger partial charge in [0.25, 0.3) is 0 Å². The van der Waals surface area contributed by atoms with Gasteiger partial charge in [0.1, 0.15) is 21.4 Å². The minimum Gasteiger partial charge on any atom is -0.319 e. The van der Waals surface area contributed by atoms with E-state index in [4.69, 9.17) is 0 Å². The molecule has 0 aliphatic heterocycles. The van der Waals surface area contributed by atoms with E-state index in [1.807, 2.05) is 76.4 Å². The average Bonchev–Trinajstić information content (AvgIpc) is 3.19. The summed E-state index contributed by atoms with van der Waals surface area (Å²) in [6.45, 7) is 10.9. The Balaban J connectivity index is 1.32. The number of hydrogen-bond acceptors (Lipinski definition) is 3. The maximum atomic E-state index is 12.9. The maximum Gasteiger partial charge on any atom is 0.109 e. The highest BCUT2D eigenvalue weighted by molar-refractivity contribution is 7.70. The second kappa shape index (κ2) is 14.5. The number of hydrogen-bond donors (Lipinski definition) is 0. The molecule has 0 aliphatic rings. The summed E-state index contributed by atoms with van der Waals surface area (Å²) < 4.78 is 38.5. The van der Waals surface area contributed by atoms with Crippen LogP contribution in [-0.2, 0) is 13.7 Å². The molecule has 0 radical (unpaired) electrons. The molecule has 0 aromatic heterocycles. The van der Waals surface area contributed by atoms with E-state index in [1.54, 1.807) is 0 Å². The van der Waals surface area contributed by atoms with E-state index in [9.17, 15) is 13.7 Å². The maximum absolute atomic E-state index is 12.9. The Hall–Kier alpha value is -5.03. The number of rotatable bonds is 8. The van der Waals surface area contributed by atoms with Gasteiger partial charge in [-0.1, -0.05) is 146 Å².